The van der Waals surface area contributed by atoms with Gasteiger partial charge < -0.3 is 19.9 Å². The lowest BCUT2D eigenvalue weighted by molar-refractivity contribution is -0.0634. The molecule has 1 aliphatic heterocycles. The molecule has 1 rings (SSSR count). The minimum Gasteiger partial charge on any atom is -0.389 e. The van der Waals surface area contributed by atoms with Gasteiger partial charge in [0.1, 0.15) is 6.10 Å². The molecule has 1 heterocycles. The minimum atomic E-state index is -0.445. The van der Waals surface area contributed by atoms with Crippen molar-refractivity contribution < 1.29 is 14.6 Å². The van der Waals surface area contributed by atoms with Crippen LogP contribution >= 0.6 is 0 Å². The van der Waals surface area contributed by atoms with Crippen molar-refractivity contribution in [2.24, 2.45) is 0 Å². The van der Waals surface area contributed by atoms with Crippen LogP contribution in [0.1, 0.15) is 6.92 Å². The quantitative estimate of drug-likeness (QED) is 0.600. The van der Waals surface area contributed by atoms with Crippen molar-refractivity contribution in [3.05, 3.63) is 0 Å². The average molecular weight is 175 g/mol. The van der Waals surface area contributed by atoms with Gasteiger partial charge in [-0.3, -0.25) is 0 Å². The van der Waals surface area contributed by atoms with Crippen LogP contribution in [0, 0.1) is 0 Å². The molecule has 4 heteroatoms. The Balaban J connectivity index is 2.26. The van der Waals surface area contributed by atoms with E-state index >= 15 is 0 Å². The summed E-state index contributed by atoms with van der Waals surface area (Å²) in [5.74, 6) is 0. The maximum Gasteiger partial charge on any atom is 0.108 e. The fourth-order valence-electron chi connectivity index (χ4n) is 1.17. The van der Waals surface area contributed by atoms with E-state index in [1.165, 1.54) is 0 Å². The van der Waals surface area contributed by atoms with Gasteiger partial charge in [0.15, 0.2) is 0 Å². The van der Waals surface area contributed by atoms with Crippen molar-refractivity contribution in [1.82, 2.24) is 5.32 Å². The number of aliphatic hydroxyl groups is 1. The summed E-state index contributed by atoms with van der Waals surface area (Å²) < 4.78 is 10.6. The molecule has 4 nitrogen and oxygen atoms in total. The summed E-state index contributed by atoms with van der Waals surface area (Å²) in [7, 11) is 0. The molecule has 0 saturated carbocycles. The van der Waals surface area contributed by atoms with E-state index in [1.54, 1.807) is 0 Å². The summed E-state index contributed by atoms with van der Waals surface area (Å²) in [6, 6.07) is 0. The number of aliphatic hydroxyl groups excluding tert-OH is 1. The van der Waals surface area contributed by atoms with Crippen molar-refractivity contribution in [2.45, 2.75) is 19.1 Å². The first kappa shape index (κ1) is 9.92. The van der Waals surface area contributed by atoms with Gasteiger partial charge in [-0.2, -0.15) is 0 Å². The van der Waals surface area contributed by atoms with E-state index in [2.05, 4.69) is 5.32 Å². The van der Waals surface area contributed by atoms with E-state index in [0.29, 0.717) is 26.4 Å². The third kappa shape index (κ3) is 3.06. The summed E-state index contributed by atoms with van der Waals surface area (Å²) >= 11 is 0. The van der Waals surface area contributed by atoms with Crippen LogP contribution < -0.4 is 5.32 Å². The van der Waals surface area contributed by atoms with E-state index in [1.807, 2.05) is 6.92 Å². The Morgan fingerprint density at radius 2 is 2.50 bits per heavy atom. The van der Waals surface area contributed by atoms with Gasteiger partial charge in [0.05, 0.1) is 19.3 Å². The van der Waals surface area contributed by atoms with Crippen LogP contribution in [0.3, 0.4) is 0 Å². The third-order valence-electron chi connectivity index (χ3n) is 1.88. The van der Waals surface area contributed by atoms with Gasteiger partial charge in [0, 0.05) is 19.7 Å². The molecule has 2 N–H and O–H groups in total. The van der Waals surface area contributed by atoms with E-state index in [4.69, 9.17) is 9.47 Å². The monoisotopic (exact) mass is 175 g/mol. The van der Waals surface area contributed by atoms with E-state index in [9.17, 15) is 5.11 Å². The number of hydrogen-bond donors (Lipinski definition) is 2. The molecule has 0 unspecified atom stereocenters. The Hall–Kier alpha value is -0.160. The normalized spacial score (nSPS) is 31.5. The lowest BCUT2D eigenvalue weighted by Crippen LogP contribution is -2.37. The SMILES string of the molecule is CCOC[C@H]1OCCNC[C@@H]1O. The molecule has 0 aromatic heterocycles. The predicted octanol–water partition coefficient (Wildman–Crippen LogP) is -0.628. The van der Waals surface area contributed by atoms with Gasteiger partial charge in [-0.15, -0.1) is 0 Å². The molecule has 2 atom stereocenters. The van der Waals surface area contributed by atoms with Crippen molar-refractivity contribution in [1.29, 1.82) is 0 Å². The predicted molar refractivity (Wildman–Crippen MR) is 45.1 cm³/mol. The number of hydrogen-bond acceptors (Lipinski definition) is 4. The van der Waals surface area contributed by atoms with E-state index in [0.717, 1.165) is 6.54 Å². The molecular weight excluding hydrogens is 158 g/mol. The topological polar surface area (TPSA) is 50.7 Å². The molecule has 0 bridgehead atoms. The Kier molecular flexibility index (Phi) is 4.53. The van der Waals surface area contributed by atoms with Gasteiger partial charge in [0.25, 0.3) is 0 Å². The number of rotatable bonds is 3. The van der Waals surface area contributed by atoms with Crippen LogP contribution in [0.4, 0.5) is 0 Å². The molecule has 0 aromatic rings. The molecule has 0 aromatic carbocycles. The third-order valence-corrected chi connectivity index (χ3v) is 1.88. The Labute approximate surface area is 72.9 Å². The fourth-order valence-corrected chi connectivity index (χ4v) is 1.17. The molecule has 1 aliphatic rings. The van der Waals surface area contributed by atoms with Crippen LogP contribution in [-0.2, 0) is 9.47 Å². The first-order chi connectivity index (χ1) is 5.84. The highest BCUT2D eigenvalue weighted by Crippen LogP contribution is 2.02. The molecule has 0 spiro atoms. The lowest BCUT2D eigenvalue weighted by Gasteiger charge is -2.19. The van der Waals surface area contributed by atoms with Crippen LogP contribution in [-0.4, -0.2) is 50.2 Å². The van der Waals surface area contributed by atoms with Gasteiger partial charge >= 0.3 is 0 Å². The molecule has 12 heavy (non-hydrogen) atoms. The zero-order valence-electron chi connectivity index (χ0n) is 7.45. The first-order valence-corrected chi connectivity index (χ1v) is 4.42. The van der Waals surface area contributed by atoms with Gasteiger partial charge in [-0.25, -0.2) is 0 Å². The van der Waals surface area contributed by atoms with Crippen molar-refractivity contribution >= 4 is 0 Å². The average Bonchev–Trinajstić information content (AvgIpc) is 2.27. The number of ether oxygens (including phenoxy) is 2. The summed E-state index contributed by atoms with van der Waals surface area (Å²) in [6.07, 6.45) is -0.612. The molecule has 1 fully saturated rings. The number of β-amino-alcohol motifs (C(OH)–C–C–N with tert-alkyl or cyclic N) is 1. The lowest BCUT2D eigenvalue weighted by atomic mass is 10.2. The van der Waals surface area contributed by atoms with Crippen molar-refractivity contribution in [3.63, 3.8) is 0 Å². The summed E-state index contributed by atoms with van der Waals surface area (Å²) in [5, 5.41) is 12.6. The van der Waals surface area contributed by atoms with Gasteiger partial charge in [0.2, 0.25) is 0 Å². The zero-order chi connectivity index (χ0) is 8.81. The smallest absolute Gasteiger partial charge is 0.108 e. The second-order valence-electron chi connectivity index (χ2n) is 2.84. The van der Waals surface area contributed by atoms with Crippen molar-refractivity contribution in [2.75, 3.05) is 32.9 Å². The summed E-state index contributed by atoms with van der Waals surface area (Å²) in [4.78, 5) is 0. The first-order valence-electron chi connectivity index (χ1n) is 4.42. The molecule has 1 saturated heterocycles. The molecular formula is C8H17NO3. The highest BCUT2D eigenvalue weighted by atomic mass is 16.5. The Morgan fingerprint density at radius 1 is 1.67 bits per heavy atom. The zero-order valence-corrected chi connectivity index (χ0v) is 7.45. The van der Waals surface area contributed by atoms with E-state index in [-0.39, 0.29) is 6.10 Å². The van der Waals surface area contributed by atoms with Crippen LogP contribution in [0.2, 0.25) is 0 Å². The number of nitrogens with one attached hydrogen (secondary N) is 1. The summed E-state index contributed by atoms with van der Waals surface area (Å²) in [5.41, 5.74) is 0. The standard InChI is InChI=1S/C8H17NO3/c1-2-11-6-8-7(10)5-9-3-4-12-8/h7-10H,2-6H2,1H3/t7-,8+/m0/s1. The molecule has 0 radical (unpaired) electrons. The van der Waals surface area contributed by atoms with Gasteiger partial charge in [-0.1, -0.05) is 0 Å². The molecule has 0 amide bonds. The highest BCUT2D eigenvalue weighted by molar-refractivity contribution is 4.74. The van der Waals surface area contributed by atoms with Gasteiger partial charge in [-0.05, 0) is 6.92 Å². The van der Waals surface area contributed by atoms with Crippen LogP contribution in [0.5, 0.6) is 0 Å². The largest absolute Gasteiger partial charge is 0.389 e. The Morgan fingerprint density at radius 3 is 3.25 bits per heavy atom. The van der Waals surface area contributed by atoms with Crippen LogP contribution in [0.15, 0.2) is 0 Å². The second kappa shape index (κ2) is 5.48. The maximum absolute atomic E-state index is 9.51. The van der Waals surface area contributed by atoms with Crippen molar-refractivity contribution in [3.8, 4) is 0 Å². The maximum atomic E-state index is 9.51. The molecule has 72 valence electrons. The molecule has 0 aliphatic carbocycles. The summed E-state index contributed by atoms with van der Waals surface area (Å²) in [6.45, 7) is 5.13. The van der Waals surface area contributed by atoms with E-state index < -0.39 is 6.10 Å². The second-order valence-corrected chi connectivity index (χ2v) is 2.84. The minimum absolute atomic E-state index is 0.167. The highest BCUT2D eigenvalue weighted by Gasteiger charge is 2.21. The fraction of sp³-hybridized carbons (Fsp3) is 1.00. The Bertz CT molecular complexity index is 121. The van der Waals surface area contributed by atoms with Crippen LogP contribution in [0.25, 0.3) is 0 Å².